The van der Waals surface area contributed by atoms with Crippen LogP contribution in [0.1, 0.15) is 51.5 Å². The van der Waals surface area contributed by atoms with Crippen LogP contribution < -0.4 is 5.32 Å². The van der Waals surface area contributed by atoms with E-state index in [9.17, 15) is 4.39 Å². The first-order valence-corrected chi connectivity index (χ1v) is 7.20. The van der Waals surface area contributed by atoms with Crippen LogP contribution in [0.25, 0.3) is 0 Å². The van der Waals surface area contributed by atoms with E-state index in [1.807, 2.05) is 6.07 Å². The van der Waals surface area contributed by atoms with Crippen molar-refractivity contribution in [2.45, 2.75) is 58.4 Å². The van der Waals surface area contributed by atoms with Gasteiger partial charge in [-0.1, -0.05) is 44.7 Å². The van der Waals surface area contributed by atoms with E-state index < -0.39 is 0 Å². The summed E-state index contributed by atoms with van der Waals surface area (Å²) in [7, 11) is 0. The molecule has 2 heteroatoms. The Morgan fingerprint density at radius 2 is 2.06 bits per heavy atom. The predicted octanol–water partition coefficient (Wildman–Crippen LogP) is 4.32. The largest absolute Gasteiger partial charge is 0.314 e. The van der Waals surface area contributed by atoms with Gasteiger partial charge >= 0.3 is 0 Å². The molecule has 0 spiro atoms. The first-order chi connectivity index (χ1) is 8.72. The fourth-order valence-electron chi connectivity index (χ4n) is 2.13. The quantitative estimate of drug-likeness (QED) is 0.645. The van der Waals surface area contributed by atoms with Crippen LogP contribution in [0.15, 0.2) is 24.3 Å². The smallest absolute Gasteiger partial charge is 0.123 e. The van der Waals surface area contributed by atoms with Gasteiger partial charge in [0.2, 0.25) is 0 Å². The number of hydrogen-bond donors (Lipinski definition) is 1. The third-order valence-electron chi connectivity index (χ3n) is 3.29. The van der Waals surface area contributed by atoms with E-state index >= 15 is 0 Å². The molecule has 18 heavy (non-hydrogen) atoms. The fraction of sp³-hybridized carbons (Fsp3) is 0.625. The molecule has 0 fully saturated rings. The minimum absolute atomic E-state index is 0.139. The van der Waals surface area contributed by atoms with Crippen molar-refractivity contribution in [2.24, 2.45) is 0 Å². The number of nitrogens with one attached hydrogen (secondary N) is 1. The zero-order chi connectivity index (χ0) is 13.2. The van der Waals surface area contributed by atoms with E-state index in [1.165, 1.54) is 38.2 Å². The number of rotatable bonds is 9. The Morgan fingerprint density at radius 1 is 1.22 bits per heavy atom. The lowest BCUT2D eigenvalue weighted by molar-refractivity contribution is 0.485. The van der Waals surface area contributed by atoms with Gasteiger partial charge in [0, 0.05) is 6.04 Å². The molecule has 102 valence electrons. The molecule has 0 aliphatic rings. The van der Waals surface area contributed by atoms with Gasteiger partial charge in [-0.25, -0.2) is 4.39 Å². The lowest BCUT2D eigenvalue weighted by Gasteiger charge is -2.13. The molecule has 0 bridgehead atoms. The van der Waals surface area contributed by atoms with E-state index in [-0.39, 0.29) is 5.82 Å². The molecule has 0 saturated carbocycles. The van der Waals surface area contributed by atoms with Crippen LogP contribution in [0.2, 0.25) is 0 Å². The van der Waals surface area contributed by atoms with Crippen molar-refractivity contribution in [3.63, 3.8) is 0 Å². The summed E-state index contributed by atoms with van der Waals surface area (Å²) in [5.41, 5.74) is 1.07. The summed E-state index contributed by atoms with van der Waals surface area (Å²) in [5, 5.41) is 3.51. The molecule has 0 saturated heterocycles. The number of halogens is 1. The molecule has 0 radical (unpaired) electrons. The molecule has 1 aromatic carbocycles. The van der Waals surface area contributed by atoms with E-state index in [0.29, 0.717) is 6.04 Å². The monoisotopic (exact) mass is 251 g/mol. The van der Waals surface area contributed by atoms with Gasteiger partial charge in [0.05, 0.1) is 0 Å². The molecule has 1 unspecified atom stereocenters. The molecule has 0 aliphatic heterocycles. The molecule has 1 N–H and O–H groups in total. The minimum Gasteiger partial charge on any atom is -0.314 e. The molecule has 1 atom stereocenters. The van der Waals surface area contributed by atoms with Crippen LogP contribution in [-0.4, -0.2) is 12.6 Å². The normalized spacial score (nSPS) is 12.6. The molecular formula is C16H26FN. The lowest BCUT2D eigenvalue weighted by atomic mass is 10.1. The van der Waals surface area contributed by atoms with Crippen LogP contribution >= 0.6 is 0 Å². The third kappa shape index (κ3) is 6.75. The van der Waals surface area contributed by atoms with Crippen molar-refractivity contribution in [3.05, 3.63) is 35.6 Å². The van der Waals surface area contributed by atoms with Crippen molar-refractivity contribution in [1.29, 1.82) is 0 Å². The van der Waals surface area contributed by atoms with Crippen molar-refractivity contribution in [3.8, 4) is 0 Å². The second kappa shape index (κ2) is 9.09. The highest BCUT2D eigenvalue weighted by molar-refractivity contribution is 5.16. The van der Waals surface area contributed by atoms with Gasteiger partial charge in [0.25, 0.3) is 0 Å². The molecule has 0 heterocycles. The highest BCUT2D eigenvalue weighted by Gasteiger charge is 2.01. The lowest BCUT2D eigenvalue weighted by Crippen LogP contribution is -2.28. The highest BCUT2D eigenvalue weighted by Crippen LogP contribution is 2.06. The molecule has 1 aromatic rings. The van der Waals surface area contributed by atoms with E-state index in [2.05, 4.69) is 19.2 Å². The zero-order valence-corrected chi connectivity index (χ0v) is 11.7. The third-order valence-corrected chi connectivity index (χ3v) is 3.29. The topological polar surface area (TPSA) is 12.0 Å². The van der Waals surface area contributed by atoms with Gasteiger partial charge < -0.3 is 5.32 Å². The van der Waals surface area contributed by atoms with Crippen LogP contribution in [0, 0.1) is 5.82 Å². The van der Waals surface area contributed by atoms with Crippen molar-refractivity contribution >= 4 is 0 Å². The van der Waals surface area contributed by atoms with E-state index in [4.69, 9.17) is 0 Å². The summed E-state index contributed by atoms with van der Waals surface area (Å²) in [4.78, 5) is 0. The summed E-state index contributed by atoms with van der Waals surface area (Å²) >= 11 is 0. The van der Waals surface area contributed by atoms with Crippen molar-refractivity contribution in [2.75, 3.05) is 6.54 Å². The van der Waals surface area contributed by atoms with Crippen molar-refractivity contribution in [1.82, 2.24) is 5.32 Å². The van der Waals surface area contributed by atoms with Crippen LogP contribution in [0.4, 0.5) is 4.39 Å². The number of unbranched alkanes of at least 4 members (excludes halogenated alkanes) is 3. The fourth-order valence-corrected chi connectivity index (χ4v) is 2.13. The average molecular weight is 251 g/mol. The standard InChI is InChI=1S/C16H26FN/c1-3-4-5-6-8-14(2)18-12-11-15-9-7-10-16(17)13-15/h7,9-10,13-14,18H,3-6,8,11-12H2,1-2H3. The Hall–Kier alpha value is -0.890. The van der Waals surface area contributed by atoms with Gasteiger partial charge in [-0.15, -0.1) is 0 Å². The average Bonchev–Trinajstić information content (AvgIpc) is 2.35. The second-order valence-corrected chi connectivity index (χ2v) is 5.08. The van der Waals surface area contributed by atoms with Gasteiger partial charge in [-0.2, -0.15) is 0 Å². The molecule has 0 amide bonds. The maximum Gasteiger partial charge on any atom is 0.123 e. The van der Waals surface area contributed by atoms with Crippen LogP contribution in [0.5, 0.6) is 0 Å². The number of hydrogen-bond acceptors (Lipinski definition) is 1. The summed E-state index contributed by atoms with van der Waals surface area (Å²) < 4.78 is 13.0. The summed E-state index contributed by atoms with van der Waals surface area (Å²) in [6.07, 6.45) is 7.42. The Balaban J connectivity index is 2.09. The Kier molecular flexibility index (Phi) is 7.66. The highest BCUT2D eigenvalue weighted by atomic mass is 19.1. The van der Waals surface area contributed by atoms with Crippen LogP contribution in [0.3, 0.4) is 0 Å². The van der Waals surface area contributed by atoms with E-state index in [0.717, 1.165) is 18.5 Å². The Bertz CT molecular complexity index is 325. The first kappa shape index (κ1) is 15.2. The summed E-state index contributed by atoms with van der Waals surface area (Å²) in [6, 6.07) is 7.44. The maximum absolute atomic E-state index is 13.0. The Labute approximate surface area is 111 Å². The van der Waals surface area contributed by atoms with Gasteiger partial charge in [-0.05, 0) is 44.0 Å². The molecular weight excluding hydrogens is 225 g/mol. The van der Waals surface area contributed by atoms with Crippen LogP contribution in [-0.2, 0) is 6.42 Å². The first-order valence-electron chi connectivity index (χ1n) is 7.20. The SMILES string of the molecule is CCCCCCC(C)NCCc1cccc(F)c1. The number of benzene rings is 1. The summed E-state index contributed by atoms with van der Waals surface area (Å²) in [5.74, 6) is -0.139. The molecule has 0 aliphatic carbocycles. The van der Waals surface area contributed by atoms with Gasteiger partial charge in [-0.3, -0.25) is 0 Å². The maximum atomic E-state index is 13.0. The Morgan fingerprint density at radius 3 is 2.78 bits per heavy atom. The van der Waals surface area contributed by atoms with E-state index in [1.54, 1.807) is 12.1 Å². The van der Waals surface area contributed by atoms with Gasteiger partial charge in [0.1, 0.15) is 5.82 Å². The van der Waals surface area contributed by atoms with Gasteiger partial charge in [0.15, 0.2) is 0 Å². The second-order valence-electron chi connectivity index (χ2n) is 5.08. The minimum atomic E-state index is -0.139. The van der Waals surface area contributed by atoms with Crippen molar-refractivity contribution < 1.29 is 4.39 Å². The molecule has 1 rings (SSSR count). The predicted molar refractivity (Wildman–Crippen MR) is 76.3 cm³/mol. The summed E-state index contributed by atoms with van der Waals surface area (Å²) in [6.45, 7) is 5.40. The molecule has 1 nitrogen and oxygen atoms in total. The molecule has 0 aromatic heterocycles. The zero-order valence-electron chi connectivity index (χ0n) is 11.7.